The molecule has 0 radical (unpaired) electrons. The number of nitrogens with two attached hydrogens (primary N) is 3. The number of phenols is 1. The van der Waals surface area contributed by atoms with E-state index in [4.69, 9.17) is 17.2 Å². The molecule has 0 aliphatic rings. The maximum absolute atomic E-state index is 13.9. The van der Waals surface area contributed by atoms with Gasteiger partial charge in [0.05, 0.1) is 32.1 Å². The summed E-state index contributed by atoms with van der Waals surface area (Å²) in [5, 5.41) is 61.3. The van der Waals surface area contributed by atoms with Crippen molar-refractivity contribution in [3.05, 3.63) is 48.0 Å². The Bertz CT molecular complexity index is 2320. The highest BCUT2D eigenvalue weighted by Crippen LogP contribution is 2.13. The van der Waals surface area contributed by atoms with Crippen LogP contribution in [0.3, 0.4) is 0 Å². The van der Waals surface area contributed by atoms with Crippen molar-refractivity contribution < 1.29 is 73.2 Å². The number of aromatic amines is 1. The number of carbonyl (C=O) groups excluding carboxylic acids is 10. The number of aliphatic hydroxyl groups is 2. The van der Waals surface area contributed by atoms with Gasteiger partial charge in [-0.25, -0.2) is 9.78 Å². The first-order valence-corrected chi connectivity index (χ1v) is 26.7. The van der Waals surface area contributed by atoms with Crippen molar-refractivity contribution >= 4 is 89.4 Å². The Morgan fingerprint density at radius 1 is 0.667 bits per heavy atom. The SMILES string of the molecule is CSCC[C@H](NC(=O)[C@H](Cc1ccc(O)cc1)NC(=O)CNC(=O)[C@@H](NC(=O)[C@H](CO)NC(=O)[C@H](CO)NC(=O)[C@H](CCC(N)=O)NC(=O)[C@H](CS)NC(=O)[C@@H](N)CCCCN)C(C)C)C(=O)N[C@@H](Cc1cnc[nH]1)C(=O)O. The fourth-order valence-electron chi connectivity index (χ4n) is 7.13. The summed E-state index contributed by atoms with van der Waals surface area (Å²) in [7, 11) is 0. The van der Waals surface area contributed by atoms with Crippen molar-refractivity contribution in [3.8, 4) is 5.75 Å². The first-order valence-electron chi connectivity index (χ1n) is 24.7. The number of carboxylic acids is 1. The first kappa shape index (κ1) is 67.1. The van der Waals surface area contributed by atoms with Crippen LogP contribution in [0.4, 0.5) is 0 Å². The number of unbranched alkanes of at least 4 members (excludes halogenated alkanes) is 1. The molecule has 20 N–H and O–H groups in total. The third kappa shape index (κ3) is 24.1. The monoisotopic (exact) mass is 1140 g/mol. The fourth-order valence-corrected chi connectivity index (χ4v) is 7.86. The zero-order valence-electron chi connectivity index (χ0n) is 43.5. The molecule has 0 aliphatic heterocycles. The molecule has 0 fully saturated rings. The van der Waals surface area contributed by atoms with Gasteiger partial charge in [-0.3, -0.25) is 47.9 Å². The van der Waals surface area contributed by atoms with Crippen LogP contribution in [0, 0.1) is 5.92 Å². The van der Waals surface area contributed by atoms with Crippen molar-refractivity contribution in [3.63, 3.8) is 0 Å². The predicted octanol–water partition coefficient (Wildman–Crippen LogP) is -5.98. The third-order valence-corrected chi connectivity index (χ3v) is 12.6. The van der Waals surface area contributed by atoms with Crippen molar-refractivity contribution in [2.45, 2.75) is 120 Å². The van der Waals surface area contributed by atoms with Crippen LogP contribution in [-0.2, 0) is 65.6 Å². The van der Waals surface area contributed by atoms with E-state index < -0.39 is 158 Å². The summed E-state index contributed by atoms with van der Waals surface area (Å²) in [6.45, 7) is 0.497. The fraction of sp³-hybridized carbons (Fsp3) is 0.574. The van der Waals surface area contributed by atoms with Gasteiger partial charge in [-0.2, -0.15) is 24.4 Å². The van der Waals surface area contributed by atoms with Crippen molar-refractivity contribution in [2.75, 3.05) is 44.1 Å². The Balaban J connectivity index is 2.18. The van der Waals surface area contributed by atoms with E-state index in [-0.39, 0.29) is 37.2 Å². The molecule has 1 aromatic heterocycles. The molecular formula is C47H74N14O15S2. The van der Waals surface area contributed by atoms with E-state index in [1.54, 1.807) is 6.26 Å². The molecule has 78 heavy (non-hydrogen) atoms. The largest absolute Gasteiger partial charge is 0.508 e. The van der Waals surface area contributed by atoms with E-state index in [9.17, 15) is 73.2 Å². The lowest BCUT2D eigenvalue weighted by molar-refractivity contribution is -0.142. The molecule has 9 atom stereocenters. The summed E-state index contributed by atoms with van der Waals surface area (Å²) < 4.78 is 0. The molecule has 0 saturated heterocycles. The maximum atomic E-state index is 13.9. The number of hydrogen-bond donors (Lipinski definition) is 18. The molecule has 2 rings (SSSR count). The van der Waals surface area contributed by atoms with Crippen molar-refractivity contribution in [2.24, 2.45) is 23.1 Å². The highest BCUT2D eigenvalue weighted by molar-refractivity contribution is 7.98. The molecule has 1 aromatic carbocycles. The van der Waals surface area contributed by atoms with Crippen LogP contribution in [0.5, 0.6) is 5.75 Å². The normalized spacial score (nSPS) is 14.5. The molecule has 2 aromatic rings. The quantitative estimate of drug-likeness (QED) is 0.0221. The number of carboxylic acid groups (broad SMARTS) is 1. The van der Waals surface area contributed by atoms with Crippen LogP contribution in [0.15, 0.2) is 36.8 Å². The van der Waals surface area contributed by atoms with Crippen LogP contribution in [-0.4, -0.2) is 194 Å². The molecular weight excluding hydrogens is 1060 g/mol. The van der Waals surface area contributed by atoms with Gasteiger partial charge >= 0.3 is 5.97 Å². The Morgan fingerprint density at radius 2 is 1.19 bits per heavy atom. The van der Waals surface area contributed by atoms with Gasteiger partial charge in [0.2, 0.25) is 59.1 Å². The number of thiol groups is 1. The third-order valence-electron chi connectivity index (χ3n) is 11.6. The van der Waals surface area contributed by atoms with Crippen LogP contribution >= 0.6 is 24.4 Å². The average Bonchev–Trinajstić information content (AvgIpc) is 3.92. The van der Waals surface area contributed by atoms with Gasteiger partial charge in [0.25, 0.3) is 0 Å². The number of H-pyrrole nitrogens is 1. The number of aliphatic carboxylic acids is 1. The minimum absolute atomic E-state index is 0.0588. The number of thioether (sulfide) groups is 1. The van der Waals surface area contributed by atoms with Crippen LogP contribution in [0.2, 0.25) is 0 Å². The molecule has 0 saturated carbocycles. The lowest BCUT2D eigenvalue weighted by atomic mass is 10.0. The first-order chi connectivity index (χ1) is 37.0. The van der Waals surface area contributed by atoms with Gasteiger partial charge < -0.3 is 90.5 Å². The Labute approximate surface area is 459 Å². The maximum Gasteiger partial charge on any atom is 0.326 e. The second-order valence-corrected chi connectivity index (χ2v) is 19.5. The second-order valence-electron chi connectivity index (χ2n) is 18.2. The van der Waals surface area contributed by atoms with Crippen LogP contribution in [0.1, 0.15) is 63.6 Å². The number of rotatable bonds is 37. The molecule has 434 valence electrons. The molecule has 0 aliphatic carbocycles. The summed E-state index contributed by atoms with van der Waals surface area (Å²) in [6.07, 6.45) is 4.80. The van der Waals surface area contributed by atoms with Gasteiger partial charge in [0.1, 0.15) is 54.1 Å². The van der Waals surface area contributed by atoms with Gasteiger partial charge in [-0.05, 0) is 67.9 Å². The predicted molar refractivity (Wildman–Crippen MR) is 285 cm³/mol. The minimum atomic E-state index is -1.83. The number of imidazole rings is 1. The molecule has 31 heteroatoms. The summed E-state index contributed by atoms with van der Waals surface area (Å²) in [5.74, 6) is -11.5. The lowest BCUT2D eigenvalue weighted by Gasteiger charge is -2.27. The van der Waals surface area contributed by atoms with Gasteiger partial charge in [-0.1, -0.05) is 32.4 Å². The highest BCUT2D eigenvalue weighted by Gasteiger charge is 2.35. The number of primary amides is 1. The van der Waals surface area contributed by atoms with Crippen molar-refractivity contribution in [1.29, 1.82) is 0 Å². The smallest absolute Gasteiger partial charge is 0.326 e. The van der Waals surface area contributed by atoms with E-state index in [1.165, 1.54) is 62.4 Å². The minimum Gasteiger partial charge on any atom is -0.508 e. The summed E-state index contributed by atoms with van der Waals surface area (Å²) in [6, 6.07) is -7.36. The average molecular weight is 1140 g/mol. The second kappa shape index (κ2) is 35.4. The van der Waals surface area contributed by atoms with Gasteiger partial charge in [0.15, 0.2) is 0 Å². The topological polar surface area (TPSA) is 484 Å². The number of benzene rings is 1. The number of aromatic nitrogens is 2. The molecule has 0 unspecified atom stereocenters. The highest BCUT2D eigenvalue weighted by atomic mass is 32.2. The lowest BCUT2D eigenvalue weighted by Crippen LogP contribution is -2.61. The molecule has 1 heterocycles. The summed E-state index contributed by atoms with van der Waals surface area (Å²) in [5.41, 5.74) is 17.6. The number of nitrogens with one attached hydrogen (secondary N) is 10. The zero-order chi connectivity index (χ0) is 58.5. The number of aliphatic hydroxyl groups excluding tert-OH is 2. The number of amides is 10. The van der Waals surface area contributed by atoms with E-state index in [0.29, 0.717) is 36.4 Å². The summed E-state index contributed by atoms with van der Waals surface area (Å²) >= 11 is 5.46. The Hall–Kier alpha value is -7.06. The molecule has 0 bridgehead atoms. The number of aromatic hydroxyl groups is 1. The van der Waals surface area contributed by atoms with E-state index >= 15 is 0 Å². The van der Waals surface area contributed by atoms with Gasteiger partial charge in [-0.15, -0.1) is 0 Å². The standard InChI is InChI=1S/C47H74N14O15S2/c1-24(2)38(61-44(72)34(21-63)59-43(71)33(20-62)58-40(68)29(11-12-36(50)65)55-45(73)35(22-77)60-39(67)28(49)6-4-5-14-48)46(74)52-19-37(66)54-31(16-25-7-9-27(64)10-8-25)42(70)56-30(13-15-78-3)41(69)57-32(47(75)76)17-26-18-51-23-53-26/h7-10,18,23-24,28-35,38,62-64,77H,4-6,11-17,19-22,48-49H2,1-3H3,(H2,50,65)(H,51,53)(H,52,74)(H,54,66)(H,55,73)(H,56,70)(H,57,69)(H,58,68)(H,59,71)(H,60,67)(H,61,72)(H,75,76)/t28-,29-,30-,31-,32-,33-,34-,35-,38-/m0/s1. The van der Waals surface area contributed by atoms with E-state index in [0.717, 1.165) is 0 Å². The van der Waals surface area contributed by atoms with Gasteiger partial charge in [0, 0.05) is 36.9 Å². The molecule has 0 spiro atoms. The molecule has 29 nitrogen and oxygen atoms in total. The number of nitrogens with zero attached hydrogens (tertiary/aromatic N) is 1. The van der Waals surface area contributed by atoms with E-state index in [1.807, 2.05) is 0 Å². The van der Waals surface area contributed by atoms with Crippen LogP contribution in [0.25, 0.3) is 0 Å². The molecule has 10 amide bonds. The zero-order valence-corrected chi connectivity index (χ0v) is 45.2. The van der Waals surface area contributed by atoms with E-state index in [2.05, 4.69) is 70.4 Å². The Kier molecular flexibility index (Phi) is 30.4. The number of phenolic OH excluding ortho intramolecular Hbond substituents is 1. The number of carbonyl (C=O) groups is 11. The Morgan fingerprint density at radius 3 is 1.71 bits per heavy atom. The summed E-state index contributed by atoms with van der Waals surface area (Å²) in [4.78, 5) is 151. The van der Waals surface area contributed by atoms with Crippen molar-refractivity contribution in [1.82, 2.24) is 57.8 Å². The number of hydrogen-bond acceptors (Lipinski definition) is 19. The van der Waals surface area contributed by atoms with Crippen LogP contribution < -0.4 is 65.1 Å².